The molecule has 290 valence electrons. The molecule has 2 heterocycles. The van der Waals surface area contributed by atoms with Gasteiger partial charge in [-0.05, 0) is 99.3 Å². The molecule has 3 heteroatoms. The molecule has 2 aliphatic rings. The lowest BCUT2D eigenvalue weighted by atomic mass is 9.58. The number of hydrogen-bond acceptors (Lipinski definition) is 2. The number of hydrogen-bond donors (Lipinski definition) is 0. The van der Waals surface area contributed by atoms with Crippen LogP contribution < -0.4 is 9.64 Å². The van der Waals surface area contributed by atoms with Gasteiger partial charge in [-0.1, -0.05) is 170 Å². The monoisotopic (exact) mass is 790 g/mol. The van der Waals surface area contributed by atoms with Crippen LogP contribution in [-0.4, -0.2) is 4.57 Å². The predicted octanol–water partition coefficient (Wildman–Crippen LogP) is 15.5. The standard InChI is InChI=1S/C59H38N2O/c1-3-17-39(18-4-1)44-23-8-12-30-53(44)61-54-31-13-9-25-46(54)47-35-33-43(38-55(47)61)60(41-21-5-2-6-22-41)42-34-36-57-52(37-42)59(50-28-11-14-32-56(50)62-57)49-27-10-7-24-45(49)48-26-15-19-40-20-16-29-51(59)58(40)48/h1-38H. The maximum Gasteiger partial charge on any atom is 0.132 e. The van der Waals surface area contributed by atoms with Crippen LogP contribution in [0.4, 0.5) is 17.1 Å². The molecule has 0 N–H and O–H groups in total. The summed E-state index contributed by atoms with van der Waals surface area (Å²) in [4.78, 5) is 2.41. The van der Waals surface area contributed by atoms with Gasteiger partial charge in [-0.2, -0.15) is 0 Å². The van der Waals surface area contributed by atoms with Gasteiger partial charge < -0.3 is 14.2 Å². The molecule has 3 nitrogen and oxygen atoms in total. The number of para-hydroxylation sites is 4. The van der Waals surface area contributed by atoms with Crippen LogP contribution in [0.1, 0.15) is 22.3 Å². The fourth-order valence-electron chi connectivity index (χ4n) is 10.7. The Bertz CT molecular complexity index is 3560. The van der Waals surface area contributed by atoms with Crippen molar-refractivity contribution in [3.63, 3.8) is 0 Å². The number of rotatable bonds is 5. The molecule has 11 aromatic rings. The van der Waals surface area contributed by atoms with Crippen molar-refractivity contribution in [3.8, 4) is 39.4 Å². The zero-order valence-electron chi connectivity index (χ0n) is 33.7. The highest BCUT2D eigenvalue weighted by Crippen LogP contribution is 2.61. The summed E-state index contributed by atoms with van der Waals surface area (Å²) >= 11 is 0. The van der Waals surface area contributed by atoms with E-state index < -0.39 is 5.41 Å². The molecule has 1 aromatic heterocycles. The lowest BCUT2D eigenvalue weighted by Gasteiger charge is -2.45. The van der Waals surface area contributed by atoms with Crippen LogP contribution in [0, 0.1) is 0 Å². The molecule has 0 saturated heterocycles. The molecule has 0 radical (unpaired) electrons. The molecule has 0 bridgehead atoms. The highest BCUT2D eigenvalue weighted by molar-refractivity contribution is 6.11. The maximum atomic E-state index is 6.93. The highest BCUT2D eigenvalue weighted by atomic mass is 16.5. The molecule has 62 heavy (non-hydrogen) atoms. The van der Waals surface area contributed by atoms with Crippen LogP contribution in [0.5, 0.6) is 11.5 Å². The van der Waals surface area contributed by atoms with Crippen molar-refractivity contribution in [1.82, 2.24) is 4.57 Å². The van der Waals surface area contributed by atoms with E-state index >= 15 is 0 Å². The summed E-state index contributed by atoms with van der Waals surface area (Å²) in [6.07, 6.45) is 0. The summed E-state index contributed by atoms with van der Waals surface area (Å²) in [5, 5.41) is 4.95. The fourth-order valence-corrected chi connectivity index (χ4v) is 10.7. The normalized spacial score (nSPS) is 14.6. The van der Waals surface area contributed by atoms with Crippen LogP contribution in [0.25, 0.3) is 60.5 Å². The van der Waals surface area contributed by atoms with Crippen molar-refractivity contribution in [2.75, 3.05) is 4.90 Å². The molecule has 0 saturated carbocycles. The third-order valence-corrected chi connectivity index (χ3v) is 13.2. The summed E-state index contributed by atoms with van der Waals surface area (Å²) in [6, 6.07) is 83.9. The van der Waals surface area contributed by atoms with E-state index in [2.05, 4.69) is 240 Å². The summed E-state index contributed by atoms with van der Waals surface area (Å²) in [6.45, 7) is 0. The van der Waals surface area contributed by atoms with Gasteiger partial charge in [-0.15, -0.1) is 0 Å². The van der Waals surface area contributed by atoms with E-state index in [0.717, 1.165) is 50.9 Å². The Morgan fingerprint density at radius 2 is 0.984 bits per heavy atom. The summed E-state index contributed by atoms with van der Waals surface area (Å²) < 4.78 is 9.38. The van der Waals surface area contributed by atoms with Gasteiger partial charge >= 0.3 is 0 Å². The fraction of sp³-hybridized carbons (Fsp3) is 0.0169. The topological polar surface area (TPSA) is 17.4 Å². The van der Waals surface area contributed by atoms with E-state index in [1.165, 1.54) is 60.4 Å². The van der Waals surface area contributed by atoms with Crippen molar-refractivity contribution in [1.29, 1.82) is 0 Å². The number of fused-ring (bicyclic) bond motifs is 11. The highest BCUT2D eigenvalue weighted by Gasteiger charge is 2.49. The first-order valence-electron chi connectivity index (χ1n) is 21.3. The molecule has 10 aromatic carbocycles. The quantitative estimate of drug-likeness (QED) is 0.173. The van der Waals surface area contributed by atoms with E-state index in [9.17, 15) is 0 Å². The second-order valence-electron chi connectivity index (χ2n) is 16.4. The van der Waals surface area contributed by atoms with Gasteiger partial charge in [0.25, 0.3) is 0 Å². The van der Waals surface area contributed by atoms with E-state index in [0.29, 0.717) is 0 Å². The molecule has 13 rings (SSSR count). The second-order valence-corrected chi connectivity index (χ2v) is 16.4. The van der Waals surface area contributed by atoms with Gasteiger partial charge in [0.15, 0.2) is 0 Å². The molecular formula is C59H38N2O. The van der Waals surface area contributed by atoms with Gasteiger partial charge in [0.05, 0.1) is 22.1 Å². The van der Waals surface area contributed by atoms with Crippen molar-refractivity contribution in [2.24, 2.45) is 0 Å². The van der Waals surface area contributed by atoms with E-state index in [-0.39, 0.29) is 0 Å². The number of ether oxygens (including phenoxy) is 1. The van der Waals surface area contributed by atoms with Crippen LogP contribution in [0.2, 0.25) is 0 Å². The number of benzene rings is 10. The van der Waals surface area contributed by atoms with E-state index in [4.69, 9.17) is 4.74 Å². The third kappa shape index (κ3) is 4.88. The predicted molar refractivity (Wildman–Crippen MR) is 256 cm³/mol. The van der Waals surface area contributed by atoms with Crippen LogP contribution in [0.15, 0.2) is 231 Å². The zero-order chi connectivity index (χ0) is 40.8. The van der Waals surface area contributed by atoms with Crippen LogP contribution in [-0.2, 0) is 5.41 Å². The van der Waals surface area contributed by atoms with Crippen LogP contribution >= 0.6 is 0 Å². The summed E-state index contributed by atoms with van der Waals surface area (Å²) in [5.74, 6) is 1.74. The number of nitrogens with zero attached hydrogens (tertiary/aromatic N) is 2. The Balaban J connectivity index is 1.09. The number of anilines is 3. The van der Waals surface area contributed by atoms with Gasteiger partial charge in [-0.3, -0.25) is 0 Å². The molecule has 1 spiro atoms. The van der Waals surface area contributed by atoms with E-state index in [1.807, 2.05) is 0 Å². The minimum Gasteiger partial charge on any atom is -0.457 e. The van der Waals surface area contributed by atoms with Crippen LogP contribution in [0.3, 0.4) is 0 Å². The van der Waals surface area contributed by atoms with Gasteiger partial charge in [0, 0.05) is 44.5 Å². The van der Waals surface area contributed by atoms with Gasteiger partial charge in [0.1, 0.15) is 11.5 Å². The number of aromatic nitrogens is 1. The molecule has 1 aliphatic carbocycles. The van der Waals surface area contributed by atoms with Gasteiger partial charge in [0.2, 0.25) is 0 Å². The lowest BCUT2D eigenvalue weighted by molar-refractivity contribution is 0.435. The van der Waals surface area contributed by atoms with Crippen molar-refractivity contribution in [3.05, 3.63) is 253 Å². The average Bonchev–Trinajstić information content (AvgIpc) is 3.67. The minimum atomic E-state index is -0.648. The first kappa shape index (κ1) is 34.7. The largest absolute Gasteiger partial charge is 0.457 e. The average molecular weight is 791 g/mol. The minimum absolute atomic E-state index is 0.648. The molecule has 1 atom stereocenters. The first-order valence-corrected chi connectivity index (χ1v) is 21.3. The molecule has 0 amide bonds. The molecule has 1 aliphatic heterocycles. The van der Waals surface area contributed by atoms with E-state index in [1.54, 1.807) is 0 Å². The Morgan fingerprint density at radius 1 is 0.371 bits per heavy atom. The lowest BCUT2D eigenvalue weighted by Crippen LogP contribution is -2.36. The Labute approximate surface area is 360 Å². The second kappa shape index (κ2) is 13.4. The Kier molecular flexibility index (Phi) is 7.52. The Morgan fingerprint density at radius 3 is 1.85 bits per heavy atom. The zero-order valence-corrected chi connectivity index (χ0v) is 33.7. The molecule has 0 fully saturated rings. The Hall–Kier alpha value is -8.14. The van der Waals surface area contributed by atoms with Gasteiger partial charge in [-0.25, -0.2) is 0 Å². The van der Waals surface area contributed by atoms with Crippen molar-refractivity contribution >= 4 is 49.6 Å². The molecular weight excluding hydrogens is 753 g/mol. The first-order chi connectivity index (χ1) is 30.8. The van der Waals surface area contributed by atoms with Crippen molar-refractivity contribution < 1.29 is 4.74 Å². The summed E-state index contributed by atoms with van der Waals surface area (Å²) in [7, 11) is 0. The molecule has 1 unspecified atom stereocenters. The maximum absolute atomic E-state index is 6.93. The smallest absolute Gasteiger partial charge is 0.132 e. The third-order valence-electron chi connectivity index (χ3n) is 13.2. The summed E-state index contributed by atoms with van der Waals surface area (Å²) in [5.41, 5.74) is 15.7. The van der Waals surface area contributed by atoms with Crippen molar-refractivity contribution in [2.45, 2.75) is 5.41 Å². The SMILES string of the molecule is c1ccc(-c2ccccc2-n2c3ccccc3c3ccc(N(c4ccccc4)c4ccc5c(c4)C4(c6ccccc6O5)c5ccccc5-c5cccc6cccc4c56)cc32)cc1.